The second-order valence-corrected chi connectivity index (χ2v) is 10.9. The standard InChI is InChI=1S/C33H27N6O.Pt/c1-33(2,3)22-11-15-35-31(17-22)39-27-8-6-5-7-25(27)26-10-9-24(19-29(26)39)40-32-18-23(12-16-36-32)38-21-37(4)30-20-34-14-13-28(30)38;/h5-17,20-21H,1-4H3;/q-3;. The summed E-state index contributed by atoms with van der Waals surface area (Å²) >= 11 is 0. The van der Waals surface area contributed by atoms with Gasteiger partial charge in [0.2, 0.25) is 0 Å². The molecular weight excluding hydrogens is 691 g/mol. The van der Waals surface area contributed by atoms with Gasteiger partial charge < -0.3 is 19.1 Å². The Hall–Kier alpha value is -4.22. The number of ether oxygens (including phenoxy) is 1. The topological polar surface area (TPSA) is 59.3 Å². The predicted molar refractivity (Wildman–Crippen MR) is 158 cm³/mol. The van der Waals surface area contributed by atoms with Crippen molar-refractivity contribution in [3.63, 3.8) is 0 Å². The molecule has 0 aliphatic carbocycles. The number of anilines is 3. The summed E-state index contributed by atoms with van der Waals surface area (Å²) in [5.74, 6) is 1.76. The van der Waals surface area contributed by atoms with Crippen LogP contribution < -0.4 is 14.5 Å². The minimum Gasteiger partial charge on any atom is -0.503 e. The average Bonchev–Trinajstić information content (AvgIpc) is 3.47. The number of hydrogen-bond acceptors (Lipinski definition) is 6. The van der Waals surface area contributed by atoms with Crippen LogP contribution in [0.25, 0.3) is 27.6 Å². The van der Waals surface area contributed by atoms with Crippen molar-refractivity contribution in [2.24, 2.45) is 0 Å². The van der Waals surface area contributed by atoms with Gasteiger partial charge in [-0.2, -0.15) is 30.6 Å². The fraction of sp³-hybridized carbons (Fsp3) is 0.152. The van der Waals surface area contributed by atoms with Crippen LogP contribution in [0, 0.1) is 18.8 Å². The van der Waals surface area contributed by atoms with Gasteiger partial charge >= 0.3 is 0 Å². The molecule has 8 heteroatoms. The minimum absolute atomic E-state index is 0. The number of fused-ring (bicyclic) bond motifs is 4. The Labute approximate surface area is 253 Å². The van der Waals surface area contributed by atoms with E-state index < -0.39 is 0 Å². The van der Waals surface area contributed by atoms with Crippen molar-refractivity contribution in [1.29, 1.82) is 0 Å². The van der Waals surface area contributed by atoms with Gasteiger partial charge in [0.15, 0.2) is 0 Å². The summed E-state index contributed by atoms with van der Waals surface area (Å²) in [7, 11) is 1.99. The first-order chi connectivity index (χ1) is 19.4. The van der Waals surface area contributed by atoms with E-state index in [1.54, 1.807) is 12.4 Å². The molecule has 1 aliphatic heterocycles. The summed E-state index contributed by atoms with van der Waals surface area (Å²) in [5, 5.41) is 2.22. The van der Waals surface area contributed by atoms with Crippen LogP contribution in [-0.4, -0.2) is 26.6 Å². The number of nitrogens with zero attached hydrogens (tertiary/aromatic N) is 6. The van der Waals surface area contributed by atoms with Crippen LogP contribution in [-0.2, 0) is 26.5 Å². The van der Waals surface area contributed by atoms with Crippen molar-refractivity contribution in [1.82, 2.24) is 19.5 Å². The Bertz CT molecular complexity index is 1890. The second-order valence-electron chi connectivity index (χ2n) is 10.9. The summed E-state index contributed by atoms with van der Waals surface area (Å²) in [5.41, 5.74) is 6.04. The Balaban J connectivity index is 0.00000302. The van der Waals surface area contributed by atoms with Gasteiger partial charge in [-0.05, 0) is 53.9 Å². The van der Waals surface area contributed by atoms with E-state index >= 15 is 0 Å². The molecule has 0 fully saturated rings. The molecule has 4 aromatic heterocycles. The third-order valence-electron chi connectivity index (χ3n) is 7.23. The molecule has 1 aliphatic rings. The maximum atomic E-state index is 6.24. The van der Waals surface area contributed by atoms with Crippen molar-refractivity contribution < 1.29 is 25.8 Å². The first-order valence-corrected chi connectivity index (χ1v) is 13.2. The van der Waals surface area contributed by atoms with E-state index in [-0.39, 0.29) is 26.5 Å². The van der Waals surface area contributed by atoms with Gasteiger partial charge in [-0.15, -0.1) is 17.5 Å². The van der Waals surface area contributed by atoms with Crippen molar-refractivity contribution in [3.8, 4) is 17.4 Å². The summed E-state index contributed by atoms with van der Waals surface area (Å²) in [6.45, 7) is 8.63. The molecule has 0 spiro atoms. The summed E-state index contributed by atoms with van der Waals surface area (Å²) in [6, 6.07) is 27.3. The minimum atomic E-state index is -0.000437. The molecule has 41 heavy (non-hydrogen) atoms. The van der Waals surface area contributed by atoms with E-state index in [1.807, 2.05) is 60.2 Å². The molecule has 0 unspecified atom stereocenters. The second kappa shape index (κ2) is 10.3. The van der Waals surface area contributed by atoms with Crippen LogP contribution >= 0.6 is 0 Å². The molecule has 7 rings (SSSR count). The maximum Gasteiger partial charge on any atom is 0.135 e. The van der Waals surface area contributed by atoms with Gasteiger partial charge in [-0.25, -0.2) is 4.98 Å². The van der Waals surface area contributed by atoms with E-state index in [9.17, 15) is 0 Å². The molecule has 0 atom stereocenters. The van der Waals surface area contributed by atoms with Gasteiger partial charge in [0.25, 0.3) is 0 Å². The number of hydrogen-bond donors (Lipinski definition) is 0. The Morgan fingerprint density at radius 1 is 0.854 bits per heavy atom. The molecule has 208 valence electrons. The van der Waals surface area contributed by atoms with Crippen molar-refractivity contribution in [2.75, 3.05) is 16.8 Å². The maximum absolute atomic E-state index is 6.24. The molecule has 0 radical (unpaired) electrons. The summed E-state index contributed by atoms with van der Waals surface area (Å²) < 4.78 is 8.40. The number of pyridine rings is 3. The predicted octanol–water partition coefficient (Wildman–Crippen LogP) is 7.36. The van der Waals surface area contributed by atoms with E-state index in [2.05, 4.69) is 83.8 Å². The number of aromatic nitrogens is 4. The Morgan fingerprint density at radius 3 is 2.54 bits per heavy atom. The van der Waals surface area contributed by atoms with E-state index in [4.69, 9.17) is 9.72 Å². The quantitative estimate of drug-likeness (QED) is 0.178. The Morgan fingerprint density at radius 2 is 1.68 bits per heavy atom. The van der Waals surface area contributed by atoms with Gasteiger partial charge in [0, 0.05) is 62.3 Å². The monoisotopic (exact) mass is 718 g/mol. The number of para-hydroxylation sites is 1. The molecule has 0 saturated carbocycles. The average molecular weight is 719 g/mol. The van der Waals surface area contributed by atoms with Gasteiger partial charge in [-0.1, -0.05) is 44.5 Å². The molecular formula is C33H27N6OPt-3. The van der Waals surface area contributed by atoms with Crippen LogP contribution in [0.2, 0.25) is 0 Å². The fourth-order valence-electron chi connectivity index (χ4n) is 5.18. The van der Waals surface area contributed by atoms with E-state index in [0.717, 1.165) is 44.7 Å². The van der Waals surface area contributed by atoms with Crippen LogP contribution in [0.4, 0.5) is 17.1 Å². The van der Waals surface area contributed by atoms with E-state index in [1.165, 1.54) is 5.56 Å². The molecule has 0 saturated heterocycles. The molecule has 0 N–H and O–H groups in total. The first-order valence-electron chi connectivity index (χ1n) is 13.2. The Kier molecular flexibility index (Phi) is 6.78. The number of benzene rings is 2. The zero-order chi connectivity index (χ0) is 27.4. The third-order valence-corrected chi connectivity index (χ3v) is 7.23. The fourth-order valence-corrected chi connectivity index (χ4v) is 5.18. The number of rotatable bonds is 4. The molecule has 0 amide bonds. The van der Waals surface area contributed by atoms with Gasteiger partial charge in [0.05, 0.1) is 0 Å². The normalized spacial score (nSPS) is 13.0. The van der Waals surface area contributed by atoms with Crippen LogP contribution in [0.1, 0.15) is 26.3 Å². The van der Waals surface area contributed by atoms with Crippen molar-refractivity contribution >= 4 is 38.9 Å². The smallest absolute Gasteiger partial charge is 0.135 e. The van der Waals surface area contributed by atoms with Crippen molar-refractivity contribution in [3.05, 3.63) is 110 Å². The van der Waals surface area contributed by atoms with Crippen LogP contribution in [0.5, 0.6) is 11.6 Å². The van der Waals surface area contributed by atoms with Gasteiger partial charge in [-0.3, -0.25) is 9.97 Å². The largest absolute Gasteiger partial charge is 0.503 e. The van der Waals surface area contributed by atoms with Crippen molar-refractivity contribution in [2.45, 2.75) is 26.2 Å². The summed E-state index contributed by atoms with van der Waals surface area (Å²) in [4.78, 5) is 17.5. The molecule has 7 nitrogen and oxygen atoms in total. The third kappa shape index (κ3) is 4.74. The van der Waals surface area contributed by atoms with Gasteiger partial charge in [0.1, 0.15) is 11.7 Å². The van der Waals surface area contributed by atoms with Crippen LogP contribution in [0.15, 0.2) is 85.5 Å². The molecule has 5 heterocycles. The molecule has 2 aromatic carbocycles. The van der Waals surface area contributed by atoms with Crippen LogP contribution in [0.3, 0.4) is 0 Å². The molecule has 0 bridgehead atoms. The SMILES string of the molecule is CN1[CH-]N(c2[c-]c(Oc3[c-]c4c(cc3)c3ccccc3n4-c3cc(C(C)(C)C)ccn3)ncc2)c2ccncc21.[Pt]. The zero-order valence-corrected chi connectivity index (χ0v) is 25.3. The summed E-state index contributed by atoms with van der Waals surface area (Å²) in [6.07, 6.45) is 7.24. The van der Waals surface area contributed by atoms with E-state index in [0.29, 0.717) is 11.6 Å². The first kappa shape index (κ1) is 27.0. The molecule has 6 aromatic rings. The zero-order valence-electron chi connectivity index (χ0n) is 23.1.